The van der Waals surface area contributed by atoms with Crippen molar-refractivity contribution >= 4 is 5.97 Å². The van der Waals surface area contributed by atoms with Crippen molar-refractivity contribution in [3.8, 4) is 0 Å². The zero-order chi connectivity index (χ0) is 12.3. The van der Waals surface area contributed by atoms with E-state index in [-0.39, 0.29) is 12.5 Å². The lowest BCUT2D eigenvalue weighted by Crippen LogP contribution is -2.63. The summed E-state index contributed by atoms with van der Waals surface area (Å²) in [5.41, 5.74) is -0.424. The quantitative estimate of drug-likeness (QED) is 0.770. The molecule has 4 nitrogen and oxygen atoms in total. The van der Waals surface area contributed by atoms with E-state index in [1.54, 1.807) is 0 Å². The van der Waals surface area contributed by atoms with Crippen LogP contribution in [0, 0.1) is 5.92 Å². The van der Waals surface area contributed by atoms with E-state index < -0.39 is 11.6 Å². The second kappa shape index (κ2) is 5.36. The van der Waals surface area contributed by atoms with Gasteiger partial charge in [0.05, 0.1) is 12.5 Å². The van der Waals surface area contributed by atoms with E-state index in [4.69, 9.17) is 9.84 Å². The highest BCUT2D eigenvalue weighted by atomic mass is 16.5. The summed E-state index contributed by atoms with van der Waals surface area (Å²) < 4.78 is 6.11. The van der Waals surface area contributed by atoms with Crippen molar-refractivity contribution in [2.45, 2.75) is 57.2 Å². The fraction of sp³-hybridized carbons (Fsp3) is 0.923. The van der Waals surface area contributed by atoms with Gasteiger partial charge in [-0.25, -0.2) is 0 Å². The van der Waals surface area contributed by atoms with E-state index in [2.05, 4.69) is 12.2 Å². The largest absolute Gasteiger partial charge is 0.481 e. The van der Waals surface area contributed by atoms with Crippen LogP contribution in [-0.4, -0.2) is 35.9 Å². The molecular formula is C13H23NO3. The lowest BCUT2D eigenvalue weighted by atomic mass is 9.84. The van der Waals surface area contributed by atoms with Gasteiger partial charge in [-0.3, -0.25) is 4.79 Å². The Morgan fingerprint density at radius 2 is 2.24 bits per heavy atom. The highest BCUT2D eigenvalue weighted by molar-refractivity contribution is 5.68. The second-order valence-electron chi connectivity index (χ2n) is 5.54. The van der Waals surface area contributed by atoms with E-state index in [1.807, 2.05) is 0 Å². The lowest BCUT2D eigenvalue weighted by molar-refractivity contribution is -0.164. The summed E-state index contributed by atoms with van der Waals surface area (Å²) in [6.07, 6.45) is 6.35. The van der Waals surface area contributed by atoms with Gasteiger partial charge >= 0.3 is 5.97 Å². The van der Waals surface area contributed by atoms with Gasteiger partial charge in [0.2, 0.25) is 0 Å². The fourth-order valence-corrected chi connectivity index (χ4v) is 3.00. The summed E-state index contributed by atoms with van der Waals surface area (Å²) in [5, 5.41) is 12.1. The molecule has 2 aliphatic rings. The van der Waals surface area contributed by atoms with Crippen molar-refractivity contribution in [3.63, 3.8) is 0 Å². The summed E-state index contributed by atoms with van der Waals surface area (Å²) in [5.74, 6) is 0.0121. The van der Waals surface area contributed by atoms with Crippen LogP contribution in [0.15, 0.2) is 0 Å². The van der Waals surface area contributed by atoms with Gasteiger partial charge in [-0.05, 0) is 18.8 Å². The van der Waals surface area contributed by atoms with Gasteiger partial charge in [0.25, 0.3) is 0 Å². The highest BCUT2D eigenvalue weighted by Crippen LogP contribution is 2.33. The van der Waals surface area contributed by atoms with E-state index in [0.29, 0.717) is 13.1 Å². The van der Waals surface area contributed by atoms with Crippen molar-refractivity contribution in [1.29, 1.82) is 0 Å². The third kappa shape index (κ3) is 3.19. The van der Waals surface area contributed by atoms with Crippen LogP contribution in [0.1, 0.15) is 45.4 Å². The molecule has 2 atom stereocenters. The summed E-state index contributed by atoms with van der Waals surface area (Å²) in [7, 11) is 0. The van der Waals surface area contributed by atoms with Crippen LogP contribution in [0.2, 0.25) is 0 Å². The predicted molar refractivity (Wildman–Crippen MR) is 65.0 cm³/mol. The molecule has 1 aliphatic carbocycles. The molecule has 2 fully saturated rings. The number of hydrogen-bond donors (Lipinski definition) is 2. The summed E-state index contributed by atoms with van der Waals surface area (Å²) in [4.78, 5) is 10.9. The molecule has 2 unspecified atom stereocenters. The summed E-state index contributed by atoms with van der Waals surface area (Å²) in [6.45, 7) is 3.60. The van der Waals surface area contributed by atoms with Gasteiger partial charge < -0.3 is 15.2 Å². The molecule has 0 aromatic carbocycles. The van der Waals surface area contributed by atoms with Crippen molar-refractivity contribution in [2.24, 2.45) is 5.92 Å². The number of carboxylic acid groups (broad SMARTS) is 1. The zero-order valence-corrected chi connectivity index (χ0v) is 10.6. The first-order valence-corrected chi connectivity index (χ1v) is 6.74. The van der Waals surface area contributed by atoms with Crippen LogP contribution in [0.3, 0.4) is 0 Å². The molecule has 4 heteroatoms. The number of nitrogens with one attached hydrogen (secondary N) is 1. The molecule has 1 saturated heterocycles. The van der Waals surface area contributed by atoms with Gasteiger partial charge in [0.15, 0.2) is 0 Å². The normalized spacial score (nSPS) is 31.8. The first-order valence-electron chi connectivity index (χ1n) is 6.74. The molecule has 2 rings (SSSR count). The first kappa shape index (κ1) is 12.8. The first-order chi connectivity index (χ1) is 8.13. The number of ether oxygens (including phenoxy) is 1. The van der Waals surface area contributed by atoms with Crippen molar-refractivity contribution in [3.05, 3.63) is 0 Å². The minimum Gasteiger partial charge on any atom is -0.481 e. The molecule has 17 heavy (non-hydrogen) atoms. The molecule has 0 radical (unpaired) electrons. The predicted octanol–water partition coefficient (Wildman–Crippen LogP) is 1.79. The van der Waals surface area contributed by atoms with Gasteiger partial charge in [-0.2, -0.15) is 0 Å². The van der Waals surface area contributed by atoms with Crippen LogP contribution in [0.25, 0.3) is 0 Å². The van der Waals surface area contributed by atoms with Crippen molar-refractivity contribution in [1.82, 2.24) is 5.32 Å². The number of hydrogen-bond acceptors (Lipinski definition) is 3. The Labute approximate surface area is 103 Å². The Balaban J connectivity index is 1.87. The average Bonchev–Trinajstić information content (AvgIpc) is 2.26. The standard InChI is InChI=1S/C13H23NO3/c1-2-10-4-3-5-11(6-10)17-13(7-12(15)16)8-14-9-13/h10-11,14H,2-9H2,1H3,(H,15,16). The van der Waals surface area contributed by atoms with Crippen molar-refractivity contribution < 1.29 is 14.6 Å². The zero-order valence-electron chi connectivity index (χ0n) is 10.6. The Bertz CT molecular complexity index is 276. The lowest BCUT2D eigenvalue weighted by Gasteiger charge is -2.45. The molecule has 0 spiro atoms. The maximum Gasteiger partial charge on any atom is 0.306 e. The van der Waals surface area contributed by atoms with E-state index in [9.17, 15) is 4.79 Å². The molecule has 1 aliphatic heterocycles. The highest BCUT2D eigenvalue weighted by Gasteiger charge is 2.42. The molecule has 1 heterocycles. The minimum atomic E-state index is -0.755. The van der Waals surface area contributed by atoms with E-state index in [0.717, 1.165) is 18.8 Å². The molecule has 0 bridgehead atoms. The molecule has 0 amide bonds. The Kier molecular flexibility index (Phi) is 4.05. The van der Waals surface area contributed by atoms with Gasteiger partial charge in [0, 0.05) is 13.1 Å². The minimum absolute atomic E-state index is 0.132. The second-order valence-corrected chi connectivity index (χ2v) is 5.54. The smallest absolute Gasteiger partial charge is 0.306 e. The monoisotopic (exact) mass is 241 g/mol. The maximum absolute atomic E-state index is 10.9. The fourth-order valence-electron chi connectivity index (χ4n) is 3.00. The Morgan fingerprint density at radius 3 is 2.76 bits per heavy atom. The topological polar surface area (TPSA) is 58.6 Å². The van der Waals surface area contributed by atoms with E-state index >= 15 is 0 Å². The van der Waals surface area contributed by atoms with Crippen molar-refractivity contribution in [2.75, 3.05) is 13.1 Å². The van der Waals surface area contributed by atoms with Crippen LogP contribution >= 0.6 is 0 Å². The Hall–Kier alpha value is -0.610. The number of carboxylic acids is 1. The third-order valence-electron chi connectivity index (χ3n) is 4.10. The van der Waals surface area contributed by atoms with E-state index in [1.165, 1.54) is 19.3 Å². The molecule has 98 valence electrons. The third-order valence-corrected chi connectivity index (χ3v) is 4.10. The molecule has 0 aromatic heterocycles. The number of aliphatic carboxylic acids is 1. The van der Waals surface area contributed by atoms with Crippen LogP contribution in [-0.2, 0) is 9.53 Å². The Morgan fingerprint density at radius 1 is 1.47 bits per heavy atom. The molecular weight excluding hydrogens is 218 g/mol. The van der Waals surface area contributed by atoms with Gasteiger partial charge in [-0.15, -0.1) is 0 Å². The number of carbonyl (C=O) groups is 1. The maximum atomic E-state index is 10.9. The van der Waals surface area contributed by atoms with Gasteiger partial charge in [-0.1, -0.05) is 26.2 Å². The molecule has 1 saturated carbocycles. The van der Waals surface area contributed by atoms with Gasteiger partial charge in [0.1, 0.15) is 5.60 Å². The molecule has 2 N–H and O–H groups in total. The average molecular weight is 241 g/mol. The van der Waals surface area contributed by atoms with Crippen LogP contribution in [0.5, 0.6) is 0 Å². The number of rotatable bonds is 5. The SMILES string of the molecule is CCC1CCCC(OC2(CC(=O)O)CNC2)C1. The molecule has 0 aromatic rings. The van der Waals surface area contributed by atoms with Crippen LogP contribution < -0.4 is 5.32 Å². The summed E-state index contributed by atoms with van der Waals surface area (Å²) >= 11 is 0. The van der Waals surface area contributed by atoms with Crippen LogP contribution in [0.4, 0.5) is 0 Å². The summed E-state index contributed by atoms with van der Waals surface area (Å²) in [6, 6.07) is 0.